The molecule has 0 saturated carbocycles. The lowest BCUT2D eigenvalue weighted by atomic mass is 9.93. The molecule has 3 rings (SSSR count). The third-order valence-corrected chi connectivity index (χ3v) is 6.60. The molecule has 0 unspecified atom stereocenters. The van der Waals surface area contributed by atoms with Gasteiger partial charge in [0.15, 0.2) is 5.78 Å². The van der Waals surface area contributed by atoms with E-state index in [9.17, 15) is 4.79 Å². The Morgan fingerprint density at radius 2 is 1.96 bits per heavy atom. The third-order valence-electron chi connectivity index (χ3n) is 5.25. The highest BCUT2D eigenvalue weighted by atomic mass is 32.1. The zero-order valence-electron chi connectivity index (χ0n) is 15.8. The van der Waals surface area contributed by atoms with E-state index in [4.69, 9.17) is 4.74 Å². The Kier molecular flexibility index (Phi) is 6.23. The molecule has 2 aliphatic rings. The minimum Gasteiger partial charge on any atom is -0.381 e. The van der Waals surface area contributed by atoms with Crippen molar-refractivity contribution in [3.8, 4) is 0 Å². The Morgan fingerprint density at radius 1 is 1.20 bits per heavy atom. The van der Waals surface area contributed by atoms with Crippen LogP contribution in [0.4, 0.5) is 0 Å². The van der Waals surface area contributed by atoms with Crippen molar-refractivity contribution in [2.45, 2.75) is 70.8 Å². The largest absolute Gasteiger partial charge is 0.381 e. The van der Waals surface area contributed by atoms with Gasteiger partial charge in [-0.05, 0) is 38.1 Å². The molecule has 3 heterocycles. The second-order valence-corrected chi connectivity index (χ2v) is 9.52. The zero-order valence-corrected chi connectivity index (χ0v) is 16.6. The van der Waals surface area contributed by atoms with Crippen molar-refractivity contribution in [3.05, 3.63) is 10.0 Å². The van der Waals surface area contributed by atoms with Gasteiger partial charge in [0.1, 0.15) is 10.0 Å². The molecule has 0 aromatic carbocycles. The maximum Gasteiger partial charge on any atom is 0.156 e. The number of carbonyl (C=O) groups is 1. The number of carbonyl (C=O) groups excluding carboxylic acids is 1. The molecule has 5 nitrogen and oxygen atoms in total. The molecule has 1 atom stereocenters. The van der Waals surface area contributed by atoms with Gasteiger partial charge < -0.3 is 4.74 Å². The van der Waals surface area contributed by atoms with Gasteiger partial charge in [0.2, 0.25) is 0 Å². The molecule has 1 aromatic heterocycles. The van der Waals surface area contributed by atoms with Crippen LogP contribution in [0.2, 0.25) is 0 Å². The first-order chi connectivity index (χ1) is 11.9. The molecule has 0 amide bonds. The highest BCUT2D eigenvalue weighted by Crippen LogP contribution is 2.27. The average Bonchev–Trinajstić information content (AvgIpc) is 3.05. The molecule has 0 aliphatic carbocycles. The van der Waals surface area contributed by atoms with E-state index in [1.165, 1.54) is 6.42 Å². The molecule has 0 bridgehead atoms. The molecule has 0 spiro atoms. The number of aromatic nitrogens is 2. The predicted octanol–water partition coefficient (Wildman–Crippen LogP) is 3.23. The number of hydrogen-bond donors (Lipinski definition) is 0. The highest BCUT2D eigenvalue weighted by molar-refractivity contribution is 7.11. The summed E-state index contributed by atoms with van der Waals surface area (Å²) < 4.78 is 5.47. The van der Waals surface area contributed by atoms with Gasteiger partial charge in [0.25, 0.3) is 0 Å². The van der Waals surface area contributed by atoms with Crippen molar-refractivity contribution in [3.63, 3.8) is 0 Å². The zero-order chi connectivity index (χ0) is 17.9. The maximum absolute atomic E-state index is 13.0. The van der Waals surface area contributed by atoms with E-state index >= 15 is 0 Å². The van der Waals surface area contributed by atoms with Crippen molar-refractivity contribution < 1.29 is 9.53 Å². The number of Topliss-reactive ketones (excluding diaryl/α,β-unsaturated/α-hetero) is 1. The molecule has 2 saturated heterocycles. The van der Waals surface area contributed by atoms with Gasteiger partial charge in [0, 0.05) is 25.2 Å². The van der Waals surface area contributed by atoms with Crippen LogP contribution in [0.25, 0.3) is 0 Å². The van der Waals surface area contributed by atoms with E-state index in [1.807, 2.05) is 0 Å². The van der Waals surface area contributed by atoms with Crippen LogP contribution in [0, 0.1) is 5.92 Å². The summed E-state index contributed by atoms with van der Waals surface area (Å²) in [6.07, 6.45) is 6.05. The first-order valence-electron chi connectivity index (χ1n) is 9.61. The Bertz CT molecular complexity index is 575. The van der Waals surface area contributed by atoms with Crippen LogP contribution >= 0.6 is 11.3 Å². The lowest BCUT2D eigenvalue weighted by Gasteiger charge is -2.37. The molecule has 2 fully saturated rings. The summed E-state index contributed by atoms with van der Waals surface area (Å²) in [5.74, 6) is 1.000. The second kappa shape index (κ2) is 8.23. The monoisotopic (exact) mass is 365 g/mol. The van der Waals surface area contributed by atoms with Crippen molar-refractivity contribution >= 4 is 17.1 Å². The van der Waals surface area contributed by atoms with E-state index in [-0.39, 0.29) is 11.5 Å². The topological polar surface area (TPSA) is 55.3 Å². The smallest absolute Gasteiger partial charge is 0.156 e. The third kappa shape index (κ3) is 5.08. The number of rotatable bonds is 5. The van der Waals surface area contributed by atoms with Crippen LogP contribution in [0.3, 0.4) is 0 Å². The van der Waals surface area contributed by atoms with Crippen molar-refractivity contribution in [1.82, 2.24) is 15.1 Å². The minimum absolute atomic E-state index is 0.00110. The van der Waals surface area contributed by atoms with Crippen LogP contribution in [0.5, 0.6) is 0 Å². The van der Waals surface area contributed by atoms with E-state index in [1.54, 1.807) is 11.3 Å². The molecule has 0 radical (unpaired) electrons. The van der Waals surface area contributed by atoms with E-state index < -0.39 is 0 Å². The molecule has 140 valence electrons. The van der Waals surface area contributed by atoms with Crippen molar-refractivity contribution in [2.75, 3.05) is 26.3 Å². The molecule has 25 heavy (non-hydrogen) atoms. The summed E-state index contributed by atoms with van der Waals surface area (Å²) in [4.78, 5) is 15.4. The Hall–Kier alpha value is -0.850. The second-order valence-electron chi connectivity index (χ2n) is 8.46. The number of ketones is 1. The number of piperidine rings is 1. The molecular weight excluding hydrogens is 334 g/mol. The van der Waals surface area contributed by atoms with E-state index in [2.05, 4.69) is 35.9 Å². The van der Waals surface area contributed by atoms with Crippen LogP contribution in [-0.2, 0) is 21.4 Å². The standard InChI is InChI=1S/C19H31N3O2S/c1-19(2,3)18-21-20-17(25-18)12-16(23)15-6-4-5-9-22(15)13-14-7-10-24-11-8-14/h14-15H,4-13H2,1-3H3/t15-/m0/s1. The normalized spacial score (nSPS) is 23.7. The van der Waals surface area contributed by atoms with Crippen LogP contribution < -0.4 is 0 Å². The van der Waals surface area contributed by atoms with Crippen LogP contribution in [0.15, 0.2) is 0 Å². The highest BCUT2D eigenvalue weighted by Gasteiger charge is 2.31. The van der Waals surface area contributed by atoms with Crippen LogP contribution in [-0.4, -0.2) is 53.2 Å². The fourth-order valence-electron chi connectivity index (χ4n) is 3.73. The first kappa shape index (κ1) is 18.9. The summed E-state index contributed by atoms with van der Waals surface area (Å²) >= 11 is 1.59. The van der Waals surface area contributed by atoms with Gasteiger partial charge >= 0.3 is 0 Å². The lowest BCUT2D eigenvalue weighted by molar-refractivity contribution is -0.125. The maximum atomic E-state index is 13.0. The van der Waals surface area contributed by atoms with Gasteiger partial charge in [-0.15, -0.1) is 21.5 Å². The Balaban J connectivity index is 1.61. The summed E-state index contributed by atoms with van der Waals surface area (Å²) in [5, 5.41) is 10.4. The van der Waals surface area contributed by atoms with Crippen molar-refractivity contribution in [2.24, 2.45) is 5.92 Å². The minimum atomic E-state index is -0.00110. The van der Waals surface area contributed by atoms with Gasteiger partial charge in [0.05, 0.1) is 12.5 Å². The van der Waals surface area contributed by atoms with Gasteiger partial charge in [-0.3, -0.25) is 9.69 Å². The Labute approximate surface area is 155 Å². The fraction of sp³-hybridized carbons (Fsp3) is 0.842. The molecular formula is C19H31N3O2S. The van der Waals surface area contributed by atoms with Gasteiger partial charge in [-0.2, -0.15) is 0 Å². The number of nitrogens with zero attached hydrogens (tertiary/aromatic N) is 3. The summed E-state index contributed by atoms with van der Waals surface area (Å²) in [7, 11) is 0. The number of hydrogen-bond acceptors (Lipinski definition) is 6. The summed E-state index contributed by atoms with van der Waals surface area (Å²) in [6.45, 7) is 10.2. The Morgan fingerprint density at radius 3 is 2.64 bits per heavy atom. The van der Waals surface area contributed by atoms with Gasteiger partial charge in [-0.1, -0.05) is 27.2 Å². The SMILES string of the molecule is CC(C)(C)c1nnc(CC(=O)[C@@H]2CCCCN2CC2CCOCC2)s1. The molecule has 2 aliphatic heterocycles. The van der Waals surface area contributed by atoms with E-state index in [0.717, 1.165) is 62.0 Å². The van der Waals surface area contributed by atoms with Crippen molar-refractivity contribution in [1.29, 1.82) is 0 Å². The molecule has 6 heteroatoms. The van der Waals surface area contributed by atoms with Gasteiger partial charge in [-0.25, -0.2) is 0 Å². The van der Waals surface area contributed by atoms with Crippen LogP contribution in [0.1, 0.15) is 62.9 Å². The fourth-order valence-corrected chi connectivity index (χ4v) is 4.64. The first-order valence-corrected chi connectivity index (χ1v) is 10.4. The van der Waals surface area contributed by atoms with E-state index in [0.29, 0.717) is 18.1 Å². The summed E-state index contributed by atoms with van der Waals surface area (Å²) in [6, 6.07) is 0.0681. The number of likely N-dealkylation sites (tertiary alicyclic amines) is 1. The molecule has 0 N–H and O–H groups in total. The predicted molar refractivity (Wildman–Crippen MR) is 100 cm³/mol. The summed E-state index contributed by atoms with van der Waals surface area (Å²) in [5.41, 5.74) is -0.00110. The quantitative estimate of drug-likeness (QED) is 0.802. The average molecular weight is 366 g/mol. The number of ether oxygens (including phenoxy) is 1. The lowest BCUT2D eigenvalue weighted by Crippen LogP contribution is -2.47. The molecule has 1 aromatic rings.